The molecule has 0 amide bonds. The zero-order chi connectivity index (χ0) is 12.9. The van der Waals surface area contributed by atoms with Crippen LogP contribution in [0.15, 0.2) is 24.3 Å². The van der Waals surface area contributed by atoms with Crippen LogP contribution in [0.25, 0.3) is 0 Å². The summed E-state index contributed by atoms with van der Waals surface area (Å²) < 4.78 is 12.9. The van der Waals surface area contributed by atoms with E-state index in [4.69, 9.17) is 6.42 Å². The Kier molecular flexibility index (Phi) is 4.72. The lowest BCUT2D eigenvalue weighted by atomic mass is 9.76. The lowest BCUT2D eigenvalue weighted by Gasteiger charge is -2.34. The van der Waals surface area contributed by atoms with Gasteiger partial charge in [-0.2, -0.15) is 0 Å². The molecule has 0 aliphatic rings. The Morgan fingerprint density at radius 2 is 1.94 bits per heavy atom. The van der Waals surface area contributed by atoms with Gasteiger partial charge in [0.2, 0.25) is 0 Å². The van der Waals surface area contributed by atoms with Crippen molar-refractivity contribution in [3.63, 3.8) is 0 Å². The van der Waals surface area contributed by atoms with Gasteiger partial charge in [-0.25, -0.2) is 4.39 Å². The van der Waals surface area contributed by atoms with E-state index in [1.54, 1.807) is 0 Å². The number of terminal acetylenes is 1. The van der Waals surface area contributed by atoms with Crippen molar-refractivity contribution in [2.24, 2.45) is 0 Å². The van der Waals surface area contributed by atoms with Gasteiger partial charge >= 0.3 is 0 Å². The van der Waals surface area contributed by atoms with E-state index >= 15 is 0 Å². The molecule has 0 saturated heterocycles. The van der Waals surface area contributed by atoms with E-state index in [1.165, 1.54) is 12.1 Å². The van der Waals surface area contributed by atoms with E-state index in [0.717, 1.165) is 18.4 Å². The third-order valence-corrected chi connectivity index (χ3v) is 3.39. The fourth-order valence-corrected chi connectivity index (χ4v) is 2.17. The van der Waals surface area contributed by atoms with Gasteiger partial charge in [0.05, 0.1) is 0 Å². The Morgan fingerprint density at radius 1 is 1.35 bits per heavy atom. The number of rotatable bonds is 5. The van der Waals surface area contributed by atoms with E-state index in [0.29, 0.717) is 0 Å². The summed E-state index contributed by atoms with van der Waals surface area (Å²) in [5, 5.41) is 3.30. The maximum Gasteiger partial charge on any atom is 0.123 e. The number of hydrogen-bond acceptors (Lipinski definition) is 1. The summed E-state index contributed by atoms with van der Waals surface area (Å²) in [6.45, 7) is 4.30. The van der Waals surface area contributed by atoms with Crippen LogP contribution in [-0.2, 0) is 5.41 Å². The first-order chi connectivity index (χ1) is 8.02. The number of hydrogen-bond donors (Lipinski definition) is 1. The molecule has 0 spiro atoms. The summed E-state index contributed by atoms with van der Waals surface area (Å²) >= 11 is 0. The molecule has 2 heteroatoms. The monoisotopic (exact) mass is 233 g/mol. The van der Waals surface area contributed by atoms with Crippen LogP contribution in [0.1, 0.15) is 32.3 Å². The van der Waals surface area contributed by atoms with Gasteiger partial charge in [-0.15, -0.1) is 12.3 Å². The quantitative estimate of drug-likeness (QED) is 0.771. The second-order valence-corrected chi connectivity index (χ2v) is 4.81. The summed E-state index contributed by atoms with van der Waals surface area (Å²) in [5.74, 6) is 2.47. The molecule has 1 rings (SSSR count). The second-order valence-electron chi connectivity index (χ2n) is 4.81. The van der Waals surface area contributed by atoms with Crippen LogP contribution in [0.2, 0.25) is 0 Å². The van der Waals surface area contributed by atoms with E-state index in [2.05, 4.69) is 25.1 Å². The van der Waals surface area contributed by atoms with Gasteiger partial charge in [-0.05, 0) is 31.2 Å². The molecule has 0 heterocycles. The van der Waals surface area contributed by atoms with Crippen molar-refractivity contribution in [2.45, 2.75) is 38.1 Å². The van der Waals surface area contributed by atoms with Crippen LogP contribution in [0.4, 0.5) is 4.39 Å². The topological polar surface area (TPSA) is 12.0 Å². The molecular weight excluding hydrogens is 213 g/mol. The van der Waals surface area contributed by atoms with Gasteiger partial charge in [0.15, 0.2) is 0 Å². The van der Waals surface area contributed by atoms with E-state index in [9.17, 15) is 4.39 Å². The van der Waals surface area contributed by atoms with E-state index in [1.807, 2.05) is 19.2 Å². The van der Waals surface area contributed by atoms with Gasteiger partial charge < -0.3 is 5.32 Å². The normalized spacial score (nSPS) is 13.1. The first-order valence-electron chi connectivity index (χ1n) is 5.89. The summed E-state index contributed by atoms with van der Waals surface area (Å²) in [6, 6.07) is 6.98. The van der Waals surface area contributed by atoms with Crippen LogP contribution in [0.5, 0.6) is 0 Å². The fraction of sp³-hybridized carbons (Fsp3) is 0.467. The molecule has 1 aromatic rings. The zero-order valence-electron chi connectivity index (χ0n) is 10.8. The number of benzene rings is 1. The minimum Gasteiger partial charge on any atom is -0.316 e. The molecule has 17 heavy (non-hydrogen) atoms. The second kappa shape index (κ2) is 5.84. The van der Waals surface area contributed by atoms with Gasteiger partial charge in [-0.1, -0.05) is 26.0 Å². The van der Waals surface area contributed by atoms with Crippen LogP contribution in [-0.4, -0.2) is 13.1 Å². The standard InChI is InChI=1S/C15H20FN/c1-5-6-7-14(17-4)15(2,3)12-8-10-13(16)11-9-12/h1,8-11,14,17H,6-7H2,2-4H3. The van der Waals surface area contributed by atoms with Crippen molar-refractivity contribution in [1.82, 2.24) is 5.32 Å². The predicted octanol–water partition coefficient (Wildman–Crippen LogP) is 3.10. The van der Waals surface area contributed by atoms with Crippen molar-refractivity contribution >= 4 is 0 Å². The van der Waals surface area contributed by atoms with E-state index < -0.39 is 0 Å². The third-order valence-electron chi connectivity index (χ3n) is 3.39. The summed E-state index contributed by atoms with van der Waals surface area (Å²) in [4.78, 5) is 0. The zero-order valence-corrected chi connectivity index (χ0v) is 10.8. The average molecular weight is 233 g/mol. The SMILES string of the molecule is C#CCCC(NC)C(C)(C)c1ccc(F)cc1. The molecular formula is C15H20FN. The smallest absolute Gasteiger partial charge is 0.123 e. The Bertz CT molecular complexity index is 386. The van der Waals surface area contributed by atoms with Crippen molar-refractivity contribution in [1.29, 1.82) is 0 Å². The lowest BCUT2D eigenvalue weighted by Crippen LogP contribution is -2.43. The van der Waals surface area contributed by atoms with Gasteiger partial charge in [0.1, 0.15) is 5.82 Å². The maximum absolute atomic E-state index is 12.9. The number of likely N-dealkylation sites (N-methyl/N-ethyl adjacent to an activating group) is 1. The Labute approximate surface area is 103 Å². The number of halogens is 1. The summed E-state index contributed by atoms with van der Waals surface area (Å²) in [6.07, 6.45) is 6.97. The predicted molar refractivity (Wildman–Crippen MR) is 70.3 cm³/mol. The highest BCUT2D eigenvalue weighted by molar-refractivity contribution is 5.26. The van der Waals surface area contributed by atoms with Crippen molar-refractivity contribution < 1.29 is 4.39 Å². The van der Waals surface area contributed by atoms with Crippen LogP contribution >= 0.6 is 0 Å². The third kappa shape index (κ3) is 3.31. The molecule has 1 nitrogen and oxygen atoms in total. The Morgan fingerprint density at radius 3 is 2.41 bits per heavy atom. The highest BCUT2D eigenvalue weighted by Crippen LogP contribution is 2.29. The molecule has 0 aromatic heterocycles. The Balaban J connectivity index is 2.91. The van der Waals surface area contributed by atoms with Gasteiger partial charge in [0.25, 0.3) is 0 Å². The molecule has 0 aliphatic heterocycles. The number of nitrogens with one attached hydrogen (secondary N) is 1. The molecule has 0 saturated carbocycles. The summed E-state index contributed by atoms with van der Waals surface area (Å²) in [5.41, 5.74) is 1.05. The van der Waals surface area contributed by atoms with Gasteiger partial charge in [0, 0.05) is 17.9 Å². The maximum atomic E-state index is 12.9. The molecule has 92 valence electrons. The molecule has 1 N–H and O–H groups in total. The molecule has 1 aromatic carbocycles. The molecule has 0 bridgehead atoms. The van der Waals surface area contributed by atoms with Crippen LogP contribution in [0.3, 0.4) is 0 Å². The molecule has 0 radical (unpaired) electrons. The first kappa shape index (κ1) is 13.7. The van der Waals surface area contributed by atoms with Crippen LogP contribution < -0.4 is 5.32 Å². The minimum atomic E-state index is -0.200. The molecule has 0 aliphatic carbocycles. The molecule has 0 fully saturated rings. The average Bonchev–Trinajstić information content (AvgIpc) is 2.30. The van der Waals surface area contributed by atoms with Crippen molar-refractivity contribution in [3.05, 3.63) is 35.6 Å². The van der Waals surface area contributed by atoms with Crippen molar-refractivity contribution in [3.8, 4) is 12.3 Å². The Hall–Kier alpha value is -1.33. The highest BCUT2D eigenvalue weighted by Gasteiger charge is 2.29. The highest BCUT2D eigenvalue weighted by atomic mass is 19.1. The van der Waals surface area contributed by atoms with Crippen LogP contribution in [0, 0.1) is 18.2 Å². The fourth-order valence-electron chi connectivity index (χ4n) is 2.17. The van der Waals surface area contributed by atoms with Gasteiger partial charge in [-0.3, -0.25) is 0 Å². The van der Waals surface area contributed by atoms with Crippen molar-refractivity contribution in [2.75, 3.05) is 7.05 Å². The summed E-state index contributed by atoms with van der Waals surface area (Å²) in [7, 11) is 1.94. The largest absolute Gasteiger partial charge is 0.316 e. The van der Waals surface area contributed by atoms with E-state index in [-0.39, 0.29) is 17.3 Å². The lowest BCUT2D eigenvalue weighted by molar-refractivity contribution is 0.343. The minimum absolute atomic E-state index is 0.0701. The molecule has 1 unspecified atom stereocenters. The molecule has 1 atom stereocenters. The first-order valence-corrected chi connectivity index (χ1v) is 5.89.